The third-order valence-electron chi connectivity index (χ3n) is 5.70. The minimum Gasteiger partial charge on any atom is -0.497 e. The van der Waals surface area contributed by atoms with Gasteiger partial charge in [0.05, 0.1) is 24.4 Å². The van der Waals surface area contributed by atoms with Gasteiger partial charge in [-0.05, 0) is 35.9 Å². The number of methoxy groups -OCH3 is 1. The number of hydrogen-bond acceptors (Lipinski definition) is 5. The molecule has 0 spiro atoms. The van der Waals surface area contributed by atoms with Gasteiger partial charge in [-0.2, -0.15) is 5.10 Å². The minimum absolute atomic E-state index is 0.203. The van der Waals surface area contributed by atoms with Crippen LogP contribution in [0.2, 0.25) is 5.02 Å². The largest absolute Gasteiger partial charge is 0.497 e. The van der Waals surface area contributed by atoms with E-state index in [2.05, 4.69) is 5.10 Å². The Morgan fingerprint density at radius 1 is 1.12 bits per heavy atom. The van der Waals surface area contributed by atoms with Gasteiger partial charge in [0, 0.05) is 17.0 Å². The van der Waals surface area contributed by atoms with Crippen LogP contribution in [-0.4, -0.2) is 28.3 Å². The molecule has 166 valence electrons. The molecular weight excluding hydrogens is 442 g/mol. The number of amides is 1. The molecule has 1 amide bonds. The second kappa shape index (κ2) is 8.60. The molecule has 5 rings (SSSR count). The molecule has 3 aromatic carbocycles. The van der Waals surface area contributed by atoms with Crippen molar-refractivity contribution in [3.8, 4) is 5.75 Å². The van der Waals surface area contributed by atoms with Gasteiger partial charge in [-0.15, -0.1) is 0 Å². The van der Waals surface area contributed by atoms with E-state index in [4.69, 9.17) is 20.8 Å². The van der Waals surface area contributed by atoms with E-state index in [0.717, 1.165) is 16.8 Å². The molecule has 33 heavy (non-hydrogen) atoms. The summed E-state index contributed by atoms with van der Waals surface area (Å²) in [6, 6.07) is 21.5. The van der Waals surface area contributed by atoms with Crippen LogP contribution in [0, 0.1) is 0 Å². The number of hydrogen-bond donors (Lipinski definition) is 0. The topological polar surface area (TPSA) is 77.0 Å². The third kappa shape index (κ3) is 3.91. The molecule has 0 saturated carbocycles. The third-order valence-corrected chi connectivity index (χ3v) is 6.04. The van der Waals surface area contributed by atoms with Crippen LogP contribution in [0.5, 0.6) is 5.75 Å². The zero-order valence-corrected chi connectivity index (χ0v) is 18.5. The van der Waals surface area contributed by atoms with Gasteiger partial charge in [-0.25, -0.2) is 9.80 Å². The molecule has 0 aliphatic carbocycles. The van der Waals surface area contributed by atoms with Crippen molar-refractivity contribution in [2.45, 2.75) is 19.0 Å². The Kier molecular flexibility index (Phi) is 5.48. The van der Waals surface area contributed by atoms with Gasteiger partial charge < -0.3 is 9.15 Å². The quantitative estimate of drug-likeness (QED) is 0.434. The highest BCUT2D eigenvalue weighted by atomic mass is 35.5. The summed E-state index contributed by atoms with van der Waals surface area (Å²) in [6.45, 7) is -0.203. The molecular formula is C25H20ClN3O4. The zero-order valence-electron chi connectivity index (χ0n) is 17.8. The number of carbonyl (C=O) groups excluding carboxylic acids is 1. The van der Waals surface area contributed by atoms with Crippen molar-refractivity contribution in [2.24, 2.45) is 5.10 Å². The fourth-order valence-electron chi connectivity index (χ4n) is 4.08. The number of benzene rings is 3. The lowest BCUT2D eigenvalue weighted by molar-refractivity contribution is -0.133. The fourth-order valence-corrected chi connectivity index (χ4v) is 4.34. The number of aromatic nitrogens is 1. The van der Waals surface area contributed by atoms with E-state index in [0.29, 0.717) is 28.3 Å². The van der Waals surface area contributed by atoms with Crippen molar-refractivity contribution in [1.82, 2.24) is 9.58 Å². The summed E-state index contributed by atoms with van der Waals surface area (Å²) < 4.78 is 11.9. The number of halogens is 1. The lowest BCUT2D eigenvalue weighted by Gasteiger charge is -2.23. The molecule has 1 aromatic heterocycles. The van der Waals surface area contributed by atoms with Crippen LogP contribution in [0.15, 0.2) is 87.1 Å². The summed E-state index contributed by atoms with van der Waals surface area (Å²) in [5, 5.41) is 6.63. The second-order valence-corrected chi connectivity index (χ2v) is 8.09. The average Bonchev–Trinajstić information content (AvgIpc) is 3.41. The molecule has 0 bridgehead atoms. The van der Waals surface area contributed by atoms with E-state index in [9.17, 15) is 9.59 Å². The van der Waals surface area contributed by atoms with E-state index in [-0.39, 0.29) is 12.5 Å². The fraction of sp³-hybridized carbons (Fsp3) is 0.160. The normalized spacial score (nSPS) is 15.6. The minimum atomic E-state index is -0.588. The number of carbonyl (C=O) groups is 1. The first-order valence-corrected chi connectivity index (χ1v) is 10.8. The SMILES string of the molecule is COc1cccc(C2=NN(C(=O)Cn3c(=O)oc4ccccc43)C(c3ccccc3Cl)C2)c1. The number of nitrogens with zero attached hydrogens (tertiary/aromatic N) is 3. The first kappa shape index (κ1) is 21.0. The lowest BCUT2D eigenvalue weighted by atomic mass is 9.98. The van der Waals surface area contributed by atoms with Crippen molar-refractivity contribution in [1.29, 1.82) is 0 Å². The number of para-hydroxylation sites is 2. The number of fused-ring (bicyclic) bond motifs is 1. The lowest BCUT2D eigenvalue weighted by Crippen LogP contribution is -2.32. The summed E-state index contributed by atoms with van der Waals surface area (Å²) in [4.78, 5) is 25.9. The Hall–Kier alpha value is -3.84. The van der Waals surface area contributed by atoms with Gasteiger partial charge in [0.1, 0.15) is 12.3 Å². The Balaban J connectivity index is 1.54. The van der Waals surface area contributed by atoms with Crippen LogP contribution >= 0.6 is 11.6 Å². The molecule has 0 fully saturated rings. The standard InChI is InChI=1S/C25H20ClN3O4/c1-32-17-8-6-7-16(13-17)20-14-22(18-9-2-3-10-19(18)26)29(27-20)24(30)15-28-21-11-4-5-12-23(21)33-25(28)31/h2-13,22H,14-15H2,1H3. The van der Waals surface area contributed by atoms with Crippen LogP contribution in [0.1, 0.15) is 23.6 Å². The summed E-state index contributed by atoms with van der Waals surface area (Å²) in [5.74, 6) is -0.229. The zero-order chi connectivity index (χ0) is 22.9. The van der Waals surface area contributed by atoms with Crippen LogP contribution < -0.4 is 10.5 Å². The van der Waals surface area contributed by atoms with Crippen molar-refractivity contribution < 1.29 is 13.9 Å². The van der Waals surface area contributed by atoms with E-state index >= 15 is 0 Å². The summed E-state index contributed by atoms with van der Waals surface area (Å²) >= 11 is 6.48. The second-order valence-electron chi connectivity index (χ2n) is 7.68. The van der Waals surface area contributed by atoms with Crippen LogP contribution in [-0.2, 0) is 11.3 Å². The molecule has 8 heteroatoms. The van der Waals surface area contributed by atoms with Crippen molar-refractivity contribution in [2.75, 3.05) is 7.11 Å². The van der Waals surface area contributed by atoms with Crippen molar-refractivity contribution in [3.63, 3.8) is 0 Å². The molecule has 2 heterocycles. The Morgan fingerprint density at radius 3 is 2.73 bits per heavy atom. The van der Waals surface area contributed by atoms with Crippen LogP contribution in [0.25, 0.3) is 11.1 Å². The molecule has 4 aromatic rings. The first-order valence-electron chi connectivity index (χ1n) is 10.4. The molecule has 1 unspecified atom stereocenters. The molecule has 1 aliphatic rings. The van der Waals surface area contributed by atoms with Crippen LogP contribution in [0.4, 0.5) is 0 Å². The van der Waals surface area contributed by atoms with Gasteiger partial charge in [-0.3, -0.25) is 9.36 Å². The monoisotopic (exact) mass is 461 g/mol. The Labute approximate surface area is 194 Å². The van der Waals surface area contributed by atoms with Gasteiger partial charge in [0.15, 0.2) is 5.58 Å². The summed E-state index contributed by atoms with van der Waals surface area (Å²) in [6.07, 6.45) is 0.476. The van der Waals surface area contributed by atoms with E-state index in [1.165, 1.54) is 9.58 Å². The van der Waals surface area contributed by atoms with E-state index in [1.807, 2.05) is 42.5 Å². The molecule has 0 saturated heterocycles. The number of rotatable bonds is 5. The maximum absolute atomic E-state index is 13.5. The first-order chi connectivity index (χ1) is 16.0. The number of oxazole rings is 1. The van der Waals surface area contributed by atoms with Crippen molar-refractivity contribution >= 4 is 34.3 Å². The molecule has 7 nitrogen and oxygen atoms in total. The van der Waals surface area contributed by atoms with Gasteiger partial charge in [0.2, 0.25) is 0 Å². The van der Waals surface area contributed by atoms with Gasteiger partial charge in [0.25, 0.3) is 5.91 Å². The smallest absolute Gasteiger partial charge is 0.420 e. The van der Waals surface area contributed by atoms with Crippen LogP contribution in [0.3, 0.4) is 0 Å². The predicted octanol–water partition coefficient (Wildman–Crippen LogP) is 4.63. The average molecular weight is 462 g/mol. The predicted molar refractivity (Wildman–Crippen MR) is 126 cm³/mol. The maximum Gasteiger partial charge on any atom is 0.420 e. The number of ether oxygens (including phenoxy) is 1. The van der Waals surface area contributed by atoms with E-state index < -0.39 is 11.8 Å². The molecule has 0 N–H and O–H groups in total. The Morgan fingerprint density at radius 2 is 1.91 bits per heavy atom. The highest BCUT2D eigenvalue weighted by Crippen LogP contribution is 2.36. The molecule has 0 radical (unpaired) electrons. The Bertz CT molecular complexity index is 1440. The maximum atomic E-state index is 13.5. The summed E-state index contributed by atoms with van der Waals surface area (Å²) in [5.41, 5.74) is 3.36. The van der Waals surface area contributed by atoms with E-state index in [1.54, 1.807) is 37.4 Å². The highest BCUT2D eigenvalue weighted by Gasteiger charge is 2.34. The molecule has 1 atom stereocenters. The summed E-state index contributed by atoms with van der Waals surface area (Å²) in [7, 11) is 1.60. The van der Waals surface area contributed by atoms with Gasteiger partial charge >= 0.3 is 5.76 Å². The highest BCUT2D eigenvalue weighted by molar-refractivity contribution is 6.31. The molecule has 1 aliphatic heterocycles. The van der Waals surface area contributed by atoms with Crippen molar-refractivity contribution in [3.05, 3.63) is 99.5 Å². The number of hydrazone groups is 1. The van der Waals surface area contributed by atoms with Gasteiger partial charge in [-0.1, -0.05) is 54.1 Å².